The number of rotatable bonds is 1. The predicted octanol–water partition coefficient (Wildman–Crippen LogP) is 5.47. The van der Waals surface area contributed by atoms with Gasteiger partial charge in [-0.25, -0.2) is 9.97 Å². The quantitative estimate of drug-likeness (QED) is 0.435. The van der Waals surface area contributed by atoms with Gasteiger partial charge in [0.1, 0.15) is 0 Å². The summed E-state index contributed by atoms with van der Waals surface area (Å²) in [6.07, 6.45) is 0. The Kier molecular flexibility index (Phi) is 2.91. The zero-order valence-corrected chi connectivity index (χ0v) is 12.9. The lowest BCUT2D eigenvalue weighted by molar-refractivity contribution is 1.23. The summed E-state index contributed by atoms with van der Waals surface area (Å²) in [5.74, 6) is 0. The molecule has 0 radical (unpaired) electrons. The van der Waals surface area contributed by atoms with E-state index in [2.05, 4.69) is 35.1 Å². The van der Waals surface area contributed by atoms with Crippen LogP contribution >= 0.6 is 22.9 Å². The van der Waals surface area contributed by atoms with Crippen LogP contribution in [0.4, 0.5) is 0 Å². The summed E-state index contributed by atoms with van der Waals surface area (Å²) in [5.41, 5.74) is 4.13. The number of aryl methyl sites for hydroxylation is 1. The summed E-state index contributed by atoms with van der Waals surface area (Å²) in [4.78, 5) is 8.91. The molecule has 0 saturated carbocycles. The summed E-state index contributed by atoms with van der Waals surface area (Å²) in [6, 6.07) is 16.5. The van der Waals surface area contributed by atoms with Gasteiger partial charge in [-0.15, -0.1) is 11.3 Å². The topological polar surface area (TPSA) is 25.8 Å². The minimum atomic E-state index is 0.294. The third-order valence-electron chi connectivity index (χ3n) is 3.49. The molecule has 4 aromatic rings. The molecule has 0 fully saturated rings. The van der Waals surface area contributed by atoms with Crippen molar-refractivity contribution < 1.29 is 0 Å². The number of fused-ring (bicyclic) bond motifs is 3. The smallest absolute Gasteiger partial charge is 0.216 e. The van der Waals surface area contributed by atoms with E-state index in [-0.39, 0.29) is 0 Å². The van der Waals surface area contributed by atoms with Gasteiger partial charge in [0, 0.05) is 15.6 Å². The highest BCUT2D eigenvalue weighted by atomic mass is 35.5. The van der Waals surface area contributed by atoms with Crippen molar-refractivity contribution in [3.8, 4) is 11.3 Å². The molecule has 2 nitrogen and oxygen atoms in total. The second kappa shape index (κ2) is 4.79. The number of benzene rings is 2. The maximum absolute atomic E-state index is 6.15. The molecule has 2 heterocycles. The average Bonchev–Trinajstić information content (AvgIpc) is 2.85. The van der Waals surface area contributed by atoms with Crippen LogP contribution in [0.2, 0.25) is 5.28 Å². The van der Waals surface area contributed by atoms with E-state index < -0.39 is 0 Å². The molecule has 0 atom stereocenters. The molecule has 0 bridgehead atoms. The fraction of sp³-hybridized carbons (Fsp3) is 0.0588. The van der Waals surface area contributed by atoms with Crippen LogP contribution in [0.25, 0.3) is 31.6 Å². The Bertz CT molecular complexity index is 961. The molecule has 0 unspecified atom stereocenters. The van der Waals surface area contributed by atoms with Crippen molar-refractivity contribution in [3.63, 3.8) is 0 Å². The Hall–Kier alpha value is -1.97. The van der Waals surface area contributed by atoms with E-state index >= 15 is 0 Å². The third-order valence-corrected chi connectivity index (χ3v) is 4.82. The zero-order valence-electron chi connectivity index (χ0n) is 11.3. The van der Waals surface area contributed by atoms with Gasteiger partial charge in [0.2, 0.25) is 5.28 Å². The van der Waals surface area contributed by atoms with Gasteiger partial charge in [0.25, 0.3) is 0 Å². The Balaban J connectivity index is 2.15. The number of hydrogen-bond acceptors (Lipinski definition) is 3. The maximum atomic E-state index is 6.15. The van der Waals surface area contributed by atoms with E-state index in [1.807, 2.05) is 30.3 Å². The van der Waals surface area contributed by atoms with Crippen LogP contribution in [-0.2, 0) is 0 Å². The zero-order chi connectivity index (χ0) is 14.4. The van der Waals surface area contributed by atoms with E-state index in [0.29, 0.717) is 5.28 Å². The molecule has 2 aromatic heterocycles. The molecular weight excluding hydrogens is 300 g/mol. The molecule has 4 rings (SSSR count). The van der Waals surface area contributed by atoms with Gasteiger partial charge < -0.3 is 0 Å². The van der Waals surface area contributed by atoms with Gasteiger partial charge in [-0.05, 0) is 30.7 Å². The molecular formula is C17H11ClN2S. The second-order valence-corrected chi connectivity index (χ2v) is 6.38. The van der Waals surface area contributed by atoms with Crippen LogP contribution < -0.4 is 0 Å². The van der Waals surface area contributed by atoms with E-state index in [9.17, 15) is 0 Å². The van der Waals surface area contributed by atoms with Gasteiger partial charge in [-0.1, -0.05) is 42.0 Å². The monoisotopic (exact) mass is 310 g/mol. The van der Waals surface area contributed by atoms with Gasteiger partial charge in [-0.2, -0.15) is 0 Å². The molecule has 2 aromatic carbocycles. The summed E-state index contributed by atoms with van der Waals surface area (Å²) >= 11 is 7.87. The van der Waals surface area contributed by atoms with Crippen LogP contribution in [0.15, 0.2) is 48.5 Å². The van der Waals surface area contributed by atoms with E-state index in [4.69, 9.17) is 11.6 Å². The van der Waals surface area contributed by atoms with Crippen molar-refractivity contribution in [3.05, 3.63) is 59.4 Å². The number of halogens is 1. The average molecular weight is 311 g/mol. The van der Waals surface area contributed by atoms with Crippen molar-refractivity contribution in [2.24, 2.45) is 0 Å². The molecule has 0 N–H and O–H groups in total. The van der Waals surface area contributed by atoms with E-state index in [1.54, 1.807) is 11.3 Å². The first-order valence-corrected chi connectivity index (χ1v) is 7.83. The van der Waals surface area contributed by atoms with Crippen molar-refractivity contribution in [2.45, 2.75) is 6.92 Å². The van der Waals surface area contributed by atoms with Gasteiger partial charge >= 0.3 is 0 Å². The number of hydrogen-bond donors (Lipinski definition) is 0. The first-order chi connectivity index (χ1) is 10.2. The summed E-state index contributed by atoms with van der Waals surface area (Å²) in [5, 5.41) is 1.44. The van der Waals surface area contributed by atoms with Crippen LogP contribution in [0, 0.1) is 6.92 Å². The van der Waals surface area contributed by atoms with Gasteiger partial charge in [0.15, 0.2) is 0 Å². The fourth-order valence-electron chi connectivity index (χ4n) is 2.52. The summed E-state index contributed by atoms with van der Waals surface area (Å²) < 4.78 is 2.30. The van der Waals surface area contributed by atoms with Crippen molar-refractivity contribution in [1.29, 1.82) is 0 Å². The van der Waals surface area contributed by atoms with Crippen LogP contribution in [0.3, 0.4) is 0 Å². The number of nitrogens with zero attached hydrogens (tertiary/aromatic N) is 2. The summed E-state index contributed by atoms with van der Waals surface area (Å²) in [7, 11) is 0. The largest absolute Gasteiger partial charge is 0.223 e. The van der Waals surface area contributed by atoms with Gasteiger partial charge in [0.05, 0.1) is 15.9 Å². The summed E-state index contributed by atoms with van der Waals surface area (Å²) in [6.45, 7) is 2.09. The standard InChI is InChI=1S/C17H11ClN2S/c1-10-7-8-13-12(9-10)15-16(21-13)14(19-17(18)20-15)11-5-3-2-4-6-11/h2-9H,1H3. The Morgan fingerprint density at radius 2 is 1.81 bits per heavy atom. The Morgan fingerprint density at radius 3 is 2.62 bits per heavy atom. The minimum Gasteiger partial charge on any atom is -0.216 e. The molecule has 0 saturated heterocycles. The second-order valence-electron chi connectivity index (χ2n) is 4.99. The highest BCUT2D eigenvalue weighted by Gasteiger charge is 2.14. The minimum absolute atomic E-state index is 0.294. The first kappa shape index (κ1) is 12.7. The van der Waals surface area contributed by atoms with Crippen molar-refractivity contribution in [2.75, 3.05) is 0 Å². The molecule has 0 spiro atoms. The lowest BCUT2D eigenvalue weighted by Gasteiger charge is -2.02. The van der Waals surface area contributed by atoms with Crippen LogP contribution in [0.1, 0.15) is 5.56 Å². The highest BCUT2D eigenvalue weighted by Crippen LogP contribution is 2.38. The predicted molar refractivity (Wildman–Crippen MR) is 90.1 cm³/mol. The molecule has 0 aliphatic carbocycles. The number of thiophene rings is 1. The SMILES string of the molecule is Cc1ccc2sc3c(-c4ccccc4)nc(Cl)nc3c2c1. The van der Waals surface area contributed by atoms with Gasteiger partial charge in [-0.3, -0.25) is 0 Å². The van der Waals surface area contributed by atoms with Crippen molar-refractivity contribution >= 4 is 43.2 Å². The molecule has 0 aliphatic rings. The maximum Gasteiger partial charge on any atom is 0.223 e. The lowest BCUT2D eigenvalue weighted by Crippen LogP contribution is -1.88. The molecule has 0 amide bonds. The number of aromatic nitrogens is 2. The Morgan fingerprint density at radius 1 is 1.00 bits per heavy atom. The Labute approximate surface area is 131 Å². The highest BCUT2D eigenvalue weighted by molar-refractivity contribution is 7.26. The first-order valence-electron chi connectivity index (χ1n) is 6.64. The fourth-order valence-corrected chi connectivity index (χ4v) is 3.82. The van der Waals surface area contributed by atoms with Crippen LogP contribution in [-0.4, -0.2) is 9.97 Å². The third kappa shape index (κ3) is 2.09. The lowest BCUT2D eigenvalue weighted by atomic mass is 10.1. The molecule has 102 valence electrons. The molecule has 4 heteroatoms. The van der Waals surface area contributed by atoms with Crippen molar-refractivity contribution in [1.82, 2.24) is 9.97 Å². The van der Waals surface area contributed by atoms with Crippen LogP contribution in [0.5, 0.6) is 0 Å². The molecule has 0 aliphatic heterocycles. The van der Waals surface area contributed by atoms with E-state index in [0.717, 1.165) is 26.9 Å². The van der Waals surface area contributed by atoms with E-state index in [1.165, 1.54) is 10.3 Å². The normalized spacial score (nSPS) is 11.3. The molecule has 21 heavy (non-hydrogen) atoms.